The lowest BCUT2D eigenvalue weighted by Gasteiger charge is -2.09. The first-order chi connectivity index (χ1) is 8.60. The Labute approximate surface area is 116 Å². The molecule has 2 aromatic rings. The number of alkyl halides is 1. The number of benzene rings is 2. The molecule has 0 atom stereocenters. The zero-order valence-corrected chi connectivity index (χ0v) is 11.4. The van der Waals surface area contributed by atoms with Crippen LogP contribution in [0.2, 0.25) is 5.02 Å². The van der Waals surface area contributed by atoms with Gasteiger partial charge in [0.05, 0.1) is 0 Å². The monoisotopic (exact) mass is 332 g/mol. The van der Waals surface area contributed by atoms with Gasteiger partial charge in [-0.05, 0) is 42.0 Å². The molecule has 0 radical (unpaired) electrons. The number of hydrogen-bond acceptors (Lipinski definition) is 1. The zero-order chi connectivity index (χ0) is 13.1. The second-order valence-corrected chi connectivity index (χ2v) is 4.58. The molecule has 0 saturated heterocycles. The van der Waals surface area contributed by atoms with Crippen molar-refractivity contribution in [2.75, 3.05) is 0 Å². The molecule has 0 amide bonds. The Morgan fingerprint density at radius 1 is 1.06 bits per heavy atom. The van der Waals surface area contributed by atoms with Crippen molar-refractivity contribution in [2.24, 2.45) is 0 Å². The van der Waals surface area contributed by atoms with Crippen LogP contribution in [0.3, 0.4) is 0 Å². The third-order valence-electron chi connectivity index (χ3n) is 2.25. The summed E-state index contributed by atoms with van der Waals surface area (Å²) < 4.78 is 32.5. The fourth-order valence-corrected chi connectivity index (χ4v) is 1.86. The van der Waals surface area contributed by atoms with Gasteiger partial charge in [-0.1, -0.05) is 27.5 Å². The van der Waals surface area contributed by atoms with Gasteiger partial charge in [-0.2, -0.15) is 0 Å². The van der Waals surface area contributed by atoms with Crippen LogP contribution in [-0.2, 0) is 5.33 Å². The Kier molecular flexibility index (Phi) is 4.19. The van der Waals surface area contributed by atoms with Crippen molar-refractivity contribution >= 4 is 27.5 Å². The van der Waals surface area contributed by atoms with Crippen molar-refractivity contribution in [3.8, 4) is 11.5 Å². The molecule has 94 valence electrons. The summed E-state index contributed by atoms with van der Waals surface area (Å²) in [6.45, 7) is 0. The van der Waals surface area contributed by atoms with Gasteiger partial charge >= 0.3 is 0 Å². The zero-order valence-electron chi connectivity index (χ0n) is 9.09. The van der Waals surface area contributed by atoms with Gasteiger partial charge in [0.1, 0.15) is 5.75 Å². The molecular weight excluding hydrogens is 325 g/mol. The quantitative estimate of drug-likeness (QED) is 0.692. The summed E-state index contributed by atoms with van der Waals surface area (Å²) in [6.07, 6.45) is 0. The molecule has 0 saturated carbocycles. The van der Waals surface area contributed by atoms with E-state index in [0.717, 1.165) is 0 Å². The van der Waals surface area contributed by atoms with Gasteiger partial charge in [-0.3, -0.25) is 0 Å². The van der Waals surface area contributed by atoms with E-state index >= 15 is 0 Å². The van der Waals surface area contributed by atoms with E-state index < -0.39 is 17.4 Å². The number of rotatable bonds is 3. The van der Waals surface area contributed by atoms with Crippen molar-refractivity contribution in [3.05, 3.63) is 58.6 Å². The summed E-state index contributed by atoms with van der Waals surface area (Å²) in [5.41, 5.74) is 0.508. The maximum absolute atomic E-state index is 13.7. The van der Waals surface area contributed by atoms with Crippen LogP contribution in [0.15, 0.2) is 36.4 Å². The number of hydrogen-bond donors (Lipinski definition) is 0. The first kappa shape index (κ1) is 13.3. The van der Waals surface area contributed by atoms with Crippen LogP contribution in [0.4, 0.5) is 8.78 Å². The Morgan fingerprint density at radius 3 is 2.11 bits per heavy atom. The molecule has 0 aliphatic rings. The minimum absolute atomic E-state index is 0.323. The maximum Gasteiger partial charge on any atom is 0.198 e. The molecular formula is C13H8BrClF2O. The van der Waals surface area contributed by atoms with E-state index in [9.17, 15) is 8.78 Å². The average molecular weight is 334 g/mol. The van der Waals surface area contributed by atoms with E-state index in [1.807, 2.05) is 0 Å². The fourth-order valence-electron chi connectivity index (χ4n) is 1.41. The molecule has 1 nitrogen and oxygen atoms in total. The molecule has 0 fully saturated rings. The average Bonchev–Trinajstić information content (AvgIpc) is 2.35. The molecule has 0 unspecified atom stereocenters. The van der Waals surface area contributed by atoms with Crippen LogP contribution >= 0.6 is 27.5 Å². The van der Waals surface area contributed by atoms with Gasteiger partial charge < -0.3 is 4.74 Å². The van der Waals surface area contributed by atoms with Crippen LogP contribution in [0.5, 0.6) is 11.5 Å². The van der Waals surface area contributed by atoms with Gasteiger partial charge in [0.15, 0.2) is 17.4 Å². The molecule has 0 aliphatic carbocycles. The first-order valence-electron chi connectivity index (χ1n) is 5.07. The highest BCUT2D eigenvalue weighted by Crippen LogP contribution is 2.29. The van der Waals surface area contributed by atoms with E-state index in [1.54, 1.807) is 24.3 Å². The largest absolute Gasteiger partial charge is 0.451 e. The highest BCUT2D eigenvalue weighted by molar-refractivity contribution is 9.08. The molecule has 5 heteroatoms. The molecule has 0 heterocycles. The maximum atomic E-state index is 13.7. The van der Waals surface area contributed by atoms with Crippen molar-refractivity contribution < 1.29 is 13.5 Å². The minimum atomic E-state index is -0.737. The summed E-state index contributed by atoms with van der Waals surface area (Å²) >= 11 is 8.84. The highest BCUT2D eigenvalue weighted by atomic mass is 79.9. The Hall–Kier alpha value is -1.13. The smallest absolute Gasteiger partial charge is 0.198 e. The van der Waals surface area contributed by atoms with Crippen molar-refractivity contribution in [3.63, 3.8) is 0 Å². The summed E-state index contributed by atoms with van der Waals surface area (Å²) in [6, 6.07) is 8.70. The van der Waals surface area contributed by atoms with Gasteiger partial charge in [-0.15, -0.1) is 0 Å². The van der Waals surface area contributed by atoms with Crippen molar-refractivity contribution in [1.82, 2.24) is 0 Å². The van der Waals surface area contributed by atoms with Gasteiger partial charge in [0.2, 0.25) is 0 Å². The predicted molar refractivity (Wildman–Crippen MR) is 70.5 cm³/mol. The SMILES string of the molecule is Fc1cc(CBr)cc(F)c1Oc1ccc(Cl)cc1. The normalized spacial score (nSPS) is 10.4. The summed E-state index contributed by atoms with van der Waals surface area (Å²) in [5, 5.41) is 0.903. The van der Waals surface area contributed by atoms with Gasteiger partial charge in [0, 0.05) is 10.4 Å². The predicted octanol–water partition coefficient (Wildman–Crippen LogP) is 5.31. The van der Waals surface area contributed by atoms with Crippen LogP contribution in [0, 0.1) is 11.6 Å². The Balaban J connectivity index is 2.31. The molecule has 0 N–H and O–H groups in total. The lowest BCUT2D eigenvalue weighted by atomic mass is 10.2. The fraction of sp³-hybridized carbons (Fsp3) is 0.0769. The molecule has 0 aromatic heterocycles. The van der Waals surface area contributed by atoms with Crippen LogP contribution < -0.4 is 4.74 Å². The molecule has 18 heavy (non-hydrogen) atoms. The number of ether oxygens (including phenoxy) is 1. The standard InChI is InChI=1S/C13H8BrClF2O/c14-7-8-5-11(16)13(12(17)6-8)18-10-3-1-9(15)2-4-10/h1-6H,7H2. The molecule has 0 aliphatic heterocycles. The Morgan fingerprint density at radius 2 is 1.61 bits per heavy atom. The second kappa shape index (κ2) is 5.67. The lowest BCUT2D eigenvalue weighted by molar-refractivity contribution is 0.407. The first-order valence-corrected chi connectivity index (χ1v) is 6.57. The van der Waals surface area contributed by atoms with E-state index in [2.05, 4.69) is 15.9 Å². The second-order valence-electron chi connectivity index (χ2n) is 3.58. The molecule has 0 bridgehead atoms. The Bertz CT molecular complexity index is 534. The summed E-state index contributed by atoms with van der Waals surface area (Å²) in [4.78, 5) is 0. The van der Waals surface area contributed by atoms with Crippen molar-refractivity contribution in [2.45, 2.75) is 5.33 Å². The lowest BCUT2D eigenvalue weighted by Crippen LogP contribution is -1.94. The van der Waals surface area contributed by atoms with E-state index in [-0.39, 0.29) is 0 Å². The van der Waals surface area contributed by atoms with Crippen LogP contribution in [0.25, 0.3) is 0 Å². The number of halogens is 4. The van der Waals surface area contributed by atoms with E-state index in [0.29, 0.717) is 21.7 Å². The van der Waals surface area contributed by atoms with Gasteiger partial charge in [-0.25, -0.2) is 8.78 Å². The highest BCUT2D eigenvalue weighted by Gasteiger charge is 2.13. The van der Waals surface area contributed by atoms with Crippen molar-refractivity contribution in [1.29, 1.82) is 0 Å². The van der Waals surface area contributed by atoms with E-state index in [1.165, 1.54) is 12.1 Å². The summed E-state index contributed by atoms with van der Waals surface area (Å²) in [7, 11) is 0. The van der Waals surface area contributed by atoms with Crippen LogP contribution in [-0.4, -0.2) is 0 Å². The topological polar surface area (TPSA) is 9.23 Å². The molecule has 2 aromatic carbocycles. The minimum Gasteiger partial charge on any atom is -0.451 e. The third kappa shape index (κ3) is 3.00. The molecule has 2 rings (SSSR count). The molecule has 0 spiro atoms. The van der Waals surface area contributed by atoms with Crippen LogP contribution in [0.1, 0.15) is 5.56 Å². The van der Waals surface area contributed by atoms with E-state index in [4.69, 9.17) is 16.3 Å². The summed E-state index contributed by atoms with van der Waals surface area (Å²) in [5.74, 6) is -1.57. The third-order valence-corrected chi connectivity index (χ3v) is 3.15. The van der Waals surface area contributed by atoms with Gasteiger partial charge in [0.25, 0.3) is 0 Å².